The first-order valence-electron chi connectivity index (χ1n) is 6.60. The third kappa shape index (κ3) is 5.06. The molecule has 2 rings (SSSR count). The van der Waals surface area contributed by atoms with E-state index in [0.717, 1.165) is 21.4 Å². The minimum Gasteiger partial charge on any atom is -0.384 e. The Hall–Kier alpha value is -1.52. The monoisotopic (exact) mass is 366 g/mol. The fourth-order valence-corrected chi connectivity index (χ4v) is 2.56. The van der Waals surface area contributed by atoms with Crippen LogP contribution in [0, 0.1) is 6.92 Å². The Morgan fingerprint density at radius 2 is 2.05 bits per heavy atom. The second-order valence-electron chi connectivity index (χ2n) is 4.69. The zero-order valence-corrected chi connectivity index (χ0v) is 14.0. The van der Waals surface area contributed by atoms with E-state index < -0.39 is 0 Å². The van der Waals surface area contributed by atoms with Crippen LogP contribution in [0.4, 0.5) is 11.4 Å². The van der Waals surface area contributed by atoms with E-state index in [1.54, 1.807) is 0 Å². The number of hydrogen-bond donors (Lipinski definition) is 2. The molecule has 2 aromatic carbocycles. The summed E-state index contributed by atoms with van der Waals surface area (Å²) in [5, 5.41) is 6.76. The Morgan fingerprint density at radius 1 is 1.24 bits per heavy atom. The number of carbonyl (C=O) groups is 1. The van der Waals surface area contributed by atoms with Crippen LogP contribution in [0.3, 0.4) is 0 Å². The number of rotatable bonds is 5. The van der Waals surface area contributed by atoms with Crippen LogP contribution < -0.4 is 10.6 Å². The van der Waals surface area contributed by atoms with E-state index >= 15 is 0 Å². The van der Waals surface area contributed by atoms with Crippen molar-refractivity contribution in [2.24, 2.45) is 0 Å². The van der Waals surface area contributed by atoms with Gasteiger partial charge in [-0.15, -0.1) is 0 Å². The van der Waals surface area contributed by atoms with Gasteiger partial charge in [0.05, 0.1) is 0 Å². The summed E-state index contributed by atoms with van der Waals surface area (Å²) in [5.41, 5.74) is 2.78. The minimum absolute atomic E-state index is 0.0186. The van der Waals surface area contributed by atoms with Gasteiger partial charge in [0.15, 0.2) is 0 Å². The second kappa shape index (κ2) is 7.48. The van der Waals surface area contributed by atoms with E-state index in [-0.39, 0.29) is 5.91 Å². The lowest BCUT2D eigenvalue weighted by Gasteiger charge is -2.10. The van der Waals surface area contributed by atoms with Gasteiger partial charge in [-0.3, -0.25) is 4.79 Å². The molecule has 2 N–H and O–H groups in total. The molecule has 110 valence electrons. The number of nitrogens with one attached hydrogen (secondary N) is 2. The third-order valence-corrected chi connectivity index (χ3v) is 3.70. The van der Waals surface area contributed by atoms with Crippen molar-refractivity contribution >= 4 is 44.8 Å². The molecule has 0 spiro atoms. The highest BCUT2D eigenvalue weighted by Crippen LogP contribution is 2.20. The van der Waals surface area contributed by atoms with Gasteiger partial charge in [-0.1, -0.05) is 33.6 Å². The molecule has 0 aliphatic rings. The summed E-state index contributed by atoms with van der Waals surface area (Å²) >= 11 is 9.30. The molecule has 0 aliphatic carbocycles. The van der Waals surface area contributed by atoms with Crippen molar-refractivity contribution < 1.29 is 4.79 Å². The van der Waals surface area contributed by atoms with Gasteiger partial charge in [0.2, 0.25) is 5.91 Å². The topological polar surface area (TPSA) is 41.1 Å². The molecule has 0 saturated heterocycles. The summed E-state index contributed by atoms with van der Waals surface area (Å²) < 4.78 is 1.00. The molecule has 0 atom stereocenters. The molecule has 0 heterocycles. The van der Waals surface area contributed by atoms with Gasteiger partial charge in [0.25, 0.3) is 0 Å². The van der Waals surface area contributed by atoms with Gasteiger partial charge in [0, 0.05) is 33.8 Å². The van der Waals surface area contributed by atoms with Crippen molar-refractivity contribution in [1.82, 2.24) is 0 Å². The molecule has 21 heavy (non-hydrogen) atoms. The first kappa shape index (κ1) is 15.9. The first-order valence-corrected chi connectivity index (χ1v) is 7.77. The number of benzene rings is 2. The first-order chi connectivity index (χ1) is 10.0. The quantitative estimate of drug-likeness (QED) is 0.793. The van der Waals surface area contributed by atoms with Crippen molar-refractivity contribution in [3.8, 4) is 0 Å². The van der Waals surface area contributed by atoms with Crippen LogP contribution in [0.2, 0.25) is 5.02 Å². The molecule has 0 unspecified atom stereocenters. The highest BCUT2D eigenvalue weighted by Gasteiger charge is 2.05. The van der Waals surface area contributed by atoms with Gasteiger partial charge in [-0.05, 0) is 48.9 Å². The summed E-state index contributed by atoms with van der Waals surface area (Å²) in [5.74, 6) is -0.0186. The lowest BCUT2D eigenvalue weighted by molar-refractivity contribution is -0.115. The molecular weight excluding hydrogens is 352 g/mol. The Bertz CT molecular complexity index is 646. The SMILES string of the molecule is Cc1cc(Br)ccc1NC(=O)CCNc1cccc(Cl)c1. The lowest BCUT2D eigenvalue weighted by atomic mass is 10.2. The predicted octanol–water partition coefficient (Wildman–Crippen LogP) is 4.85. The number of anilines is 2. The summed E-state index contributed by atoms with van der Waals surface area (Å²) in [6.07, 6.45) is 0.391. The van der Waals surface area contributed by atoms with Crippen molar-refractivity contribution in [3.63, 3.8) is 0 Å². The van der Waals surface area contributed by atoms with Crippen LogP contribution in [-0.2, 0) is 4.79 Å². The molecule has 5 heteroatoms. The zero-order chi connectivity index (χ0) is 15.2. The van der Waals surface area contributed by atoms with E-state index in [1.807, 2.05) is 49.4 Å². The Labute approximate surface area is 137 Å². The van der Waals surface area contributed by atoms with E-state index in [2.05, 4.69) is 26.6 Å². The zero-order valence-electron chi connectivity index (χ0n) is 11.6. The number of hydrogen-bond acceptors (Lipinski definition) is 2. The largest absolute Gasteiger partial charge is 0.384 e. The second-order valence-corrected chi connectivity index (χ2v) is 6.05. The summed E-state index contributed by atoms with van der Waals surface area (Å²) in [6, 6.07) is 13.2. The maximum atomic E-state index is 11.9. The van der Waals surface area contributed by atoms with Crippen LogP contribution in [0.1, 0.15) is 12.0 Å². The minimum atomic E-state index is -0.0186. The smallest absolute Gasteiger partial charge is 0.226 e. The van der Waals surface area contributed by atoms with Crippen molar-refractivity contribution in [1.29, 1.82) is 0 Å². The van der Waals surface area contributed by atoms with Gasteiger partial charge < -0.3 is 10.6 Å². The fraction of sp³-hybridized carbons (Fsp3) is 0.188. The van der Waals surface area contributed by atoms with Crippen molar-refractivity contribution in [3.05, 3.63) is 57.5 Å². The molecule has 1 amide bonds. The molecule has 0 aromatic heterocycles. The van der Waals surface area contributed by atoms with Gasteiger partial charge in [-0.25, -0.2) is 0 Å². The van der Waals surface area contributed by atoms with Gasteiger partial charge >= 0.3 is 0 Å². The van der Waals surface area contributed by atoms with Crippen LogP contribution in [-0.4, -0.2) is 12.5 Å². The highest BCUT2D eigenvalue weighted by molar-refractivity contribution is 9.10. The van der Waals surface area contributed by atoms with Crippen LogP contribution in [0.25, 0.3) is 0 Å². The number of halogens is 2. The Morgan fingerprint density at radius 3 is 2.76 bits per heavy atom. The van der Waals surface area contributed by atoms with E-state index in [0.29, 0.717) is 18.0 Å². The summed E-state index contributed by atoms with van der Waals surface area (Å²) in [6.45, 7) is 2.52. The number of amides is 1. The standard InChI is InChI=1S/C16H16BrClN2O/c1-11-9-12(17)5-6-15(11)20-16(21)7-8-19-14-4-2-3-13(18)10-14/h2-6,9-10,19H,7-8H2,1H3,(H,20,21). The maximum Gasteiger partial charge on any atom is 0.226 e. The highest BCUT2D eigenvalue weighted by atomic mass is 79.9. The van der Waals surface area contributed by atoms with Crippen molar-refractivity contribution in [2.75, 3.05) is 17.2 Å². The molecule has 3 nitrogen and oxygen atoms in total. The normalized spacial score (nSPS) is 10.2. The van der Waals surface area contributed by atoms with Crippen LogP contribution in [0.5, 0.6) is 0 Å². The molecule has 0 aliphatic heterocycles. The fourth-order valence-electron chi connectivity index (χ4n) is 1.90. The number of carbonyl (C=O) groups excluding carboxylic acids is 1. The predicted molar refractivity (Wildman–Crippen MR) is 92.1 cm³/mol. The Kier molecular flexibility index (Phi) is 5.65. The van der Waals surface area contributed by atoms with Crippen LogP contribution >= 0.6 is 27.5 Å². The van der Waals surface area contributed by atoms with E-state index in [1.165, 1.54) is 0 Å². The Balaban J connectivity index is 1.82. The summed E-state index contributed by atoms with van der Waals surface area (Å²) in [4.78, 5) is 11.9. The molecule has 2 aromatic rings. The molecular formula is C16H16BrClN2O. The molecule has 0 saturated carbocycles. The lowest BCUT2D eigenvalue weighted by Crippen LogP contribution is -2.16. The van der Waals surface area contributed by atoms with E-state index in [4.69, 9.17) is 11.6 Å². The molecule has 0 radical (unpaired) electrons. The summed E-state index contributed by atoms with van der Waals surface area (Å²) in [7, 11) is 0. The van der Waals surface area contributed by atoms with Crippen molar-refractivity contribution in [2.45, 2.75) is 13.3 Å². The van der Waals surface area contributed by atoms with Crippen LogP contribution in [0.15, 0.2) is 46.9 Å². The molecule has 0 bridgehead atoms. The van der Waals surface area contributed by atoms with Gasteiger partial charge in [0.1, 0.15) is 0 Å². The van der Waals surface area contributed by atoms with Gasteiger partial charge in [-0.2, -0.15) is 0 Å². The third-order valence-electron chi connectivity index (χ3n) is 2.97. The van der Waals surface area contributed by atoms with E-state index in [9.17, 15) is 4.79 Å². The average Bonchev–Trinajstić information content (AvgIpc) is 2.42. The molecule has 0 fully saturated rings. The number of aryl methyl sites for hydroxylation is 1. The average molecular weight is 368 g/mol. The maximum absolute atomic E-state index is 11.9.